The summed E-state index contributed by atoms with van der Waals surface area (Å²) in [5, 5.41) is 3.32. The number of anilines is 1. The average Bonchev–Trinajstić information content (AvgIpc) is 2.67. The third-order valence-corrected chi connectivity index (χ3v) is 2.39. The lowest BCUT2D eigenvalue weighted by Crippen LogP contribution is -2.12. The summed E-state index contributed by atoms with van der Waals surface area (Å²) in [6, 6.07) is 0. The Labute approximate surface area is 103 Å². The first kappa shape index (κ1) is 14.0. The number of nitrogens with zero attached hydrogens (tertiary/aromatic N) is 2. The van der Waals surface area contributed by atoms with E-state index < -0.39 is 0 Å². The van der Waals surface area contributed by atoms with Crippen molar-refractivity contribution in [3.63, 3.8) is 0 Å². The van der Waals surface area contributed by atoms with Crippen LogP contribution in [0, 0.1) is 6.92 Å². The maximum absolute atomic E-state index is 5.28. The minimum Gasteiger partial charge on any atom is -0.383 e. The van der Waals surface area contributed by atoms with Crippen LogP contribution in [-0.2, 0) is 16.0 Å². The molecule has 0 aromatic carbocycles. The Morgan fingerprint density at radius 1 is 1.41 bits per heavy atom. The summed E-state index contributed by atoms with van der Waals surface area (Å²) in [6.07, 6.45) is 3.02. The first-order chi connectivity index (χ1) is 8.27. The van der Waals surface area contributed by atoms with E-state index in [1.807, 2.05) is 20.0 Å². The summed E-state index contributed by atoms with van der Waals surface area (Å²) >= 11 is 0. The Hall–Kier alpha value is -1.07. The average molecular weight is 241 g/mol. The van der Waals surface area contributed by atoms with Gasteiger partial charge in [0.2, 0.25) is 5.95 Å². The van der Waals surface area contributed by atoms with Gasteiger partial charge < -0.3 is 19.4 Å². The Bertz CT molecular complexity index is 313. The fraction of sp³-hybridized carbons (Fsp3) is 0.750. The van der Waals surface area contributed by atoms with Gasteiger partial charge in [-0.1, -0.05) is 0 Å². The molecule has 0 aliphatic rings. The molecule has 17 heavy (non-hydrogen) atoms. The van der Waals surface area contributed by atoms with Crippen molar-refractivity contribution in [2.45, 2.75) is 26.8 Å². The molecule has 0 saturated heterocycles. The minimum absolute atomic E-state index is 0.698. The molecule has 1 aromatic heterocycles. The molecule has 1 heterocycles. The quantitative estimate of drug-likeness (QED) is 0.668. The first-order valence-corrected chi connectivity index (χ1v) is 6.12. The van der Waals surface area contributed by atoms with Gasteiger partial charge in [-0.25, -0.2) is 4.98 Å². The van der Waals surface area contributed by atoms with Crippen LogP contribution in [0.15, 0.2) is 6.20 Å². The van der Waals surface area contributed by atoms with Crippen LogP contribution in [0.1, 0.15) is 19.0 Å². The van der Waals surface area contributed by atoms with Gasteiger partial charge in [0.25, 0.3) is 0 Å². The highest BCUT2D eigenvalue weighted by Crippen LogP contribution is 2.08. The van der Waals surface area contributed by atoms with Crippen molar-refractivity contribution in [1.82, 2.24) is 9.55 Å². The Kier molecular flexibility index (Phi) is 6.65. The molecule has 1 aromatic rings. The zero-order valence-electron chi connectivity index (χ0n) is 11.0. The summed E-state index contributed by atoms with van der Waals surface area (Å²) in [4.78, 5) is 4.44. The van der Waals surface area contributed by atoms with Crippen molar-refractivity contribution < 1.29 is 9.47 Å². The summed E-state index contributed by atoms with van der Waals surface area (Å²) in [5.74, 6) is 0.913. The number of nitrogens with one attached hydrogen (secondary N) is 1. The van der Waals surface area contributed by atoms with Crippen LogP contribution in [0.5, 0.6) is 0 Å². The zero-order valence-corrected chi connectivity index (χ0v) is 11.0. The van der Waals surface area contributed by atoms with Crippen LogP contribution in [0.2, 0.25) is 0 Å². The van der Waals surface area contributed by atoms with Gasteiger partial charge in [0.15, 0.2) is 0 Å². The second-order valence-corrected chi connectivity index (χ2v) is 3.87. The standard InChI is InChI=1S/C12H23N3O2/c1-4-17-8-5-6-13-12-14-11(2)10-15(12)7-9-16-3/h10H,4-9H2,1-3H3,(H,13,14). The second kappa shape index (κ2) is 8.08. The predicted octanol–water partition coefficient (Wildman–Crippen LogP) is 1.68. The van der Waals surface area contributed by atoms with E-state index in [0.717, 1.165) is 44.4 Å². The van der Waals surface area contributed by atoms with Crippen molar-refractivity contribution >= 4 is 5.95 Å². The summed E-state index contributed by atoms with van der Waals surface area (Å²) in [6.45, 7) is 7.98. The van der Waals surface area contributed by atoms with E-state index in [4.69, 9.17) is 9.47 Å². The predicted molar refractivity (Wildman–Crippen MR) is 68.4 cm³/mol. The van der Waals surface area contributed by atoms with Crippen molar-refractivity contribution in [3.8, 4) is 0 Å². The number of methoxy groups -OCH3 is 1. The van der Waals surface area contributed by atoms with Crippen molar-refractivity contribution in [1.29, 1.82) is 0 Å². The summed E-state index contributed by atoms with van der Waals surface area (Å²) < 4.78 is 12.4. The molecule has 5 nitrogen and oxygen atoms in total. The minimum atomic E-state index is 0.698. The molecule has 0 aliphatic heterocycles. The molecule has 0 atom stereocenters. The molecule has 0 spiro atoms. The van der Waals surface area contributed by atoms with Gasteiger partial charge in [0.05, 0.1) is 12.3 Å². The van der Waals surface area contributed by atoms with E-state index in [1.54, 1.807) is 7.11 Å². The third-order valence-electron chi connectivity index (χ3n) is 2.39. The molecule has 5 heteroatoms. The Morgan fingerprint density at radius 3 is 2.94 bits per heavy atom. The lowest BCUT2D eigenvalue weighted by Gasteiger charge is -2.09. The van der Waals surface area contributed by atoms with Gasteiger partial charge >= 0.3 is 0 Å². The van der Waals surface area contributed by atoms with E-state index in [1.165, 1.54) is 0 Å². The molecule has 0 unspecified atom stereocenters. The van der Waals surface area contributed by atoms with Crippen LogP contribution in [0.3, 0.4) is 0 Å². The molecule has 0 aliphatic carbocycles. The smallest absolute Gasteiger partial charge is 0.203 e. The van der Waals surface area contributed by atoms with Gasteiger partial charge in [0, 0.05) is 39.6 Å². The lowest BCUT2D eigenvalue weighted by atomic mass is 10.4. The highest BCUT2D eigenvalue weighted by Gasteiger charge is 2.04. The number of hydrogen-bond acceptors (Lipinski definition) is 4. The van der Waals surface area contributed by atoms with Crippen molar-refractivity contribution in [2.75, 3.05) is 38.8 Å². The fourth-order valence-electron chi connectivity index (χ4n) is 1.57. The van der Waals surface area contributed by atoms with Gasteiger partial charge in [-0.2, -0.15) is 0 Å². The number of aromatic nitrogens is 2. The maximum atomic E-state index is 5.28. The Balaban J connectivity index is 2.35. The van der Waals surface area contributed by atoms with Gasteiger partial charge in [-0.15, -0.1) is 0 Å². The molecule has 0 radical (unpaired) electrons. The topological polar surface area (TPSA) is 48.3 Å². The molecular weight excluding hydrogens is 218 g/mol. The zero-order chi connectivity index (χ0) is 12.5. The SMILES string of the molecule is CCOCCCNc1nc(C)cn1CCOC. The summed E-state index contributed by atoms with van der Waals surface area (Å²) in [7, 11) is 1.71. The normalized spacial score (nSPS) is 10.8. The highest BCUT2D eigenvalue weighted by molar-refractivity contribution is 5.28. The number of aryl methyl sites for hydroxylation is 1. The van der Waals surface area contributed by atoms with Crippen LogP contribution in [0.4, 0.5) is 5.95 Å². The lowest BCUT2D eigenvalue weighted by molar-refractivity contribution is 0.147. The number of hydrogen-bond donors (Lipinski definition) is 1. The first-order valence-electron chi connectivity index (χ1n) is 6.12. The molecule has 0 amide bonds. The monoisotopic (exact) mass is 241 g/mol. The molecule has 1 N–H and O–H groups in total. The van der Waals surface area contributed by atoms with Crippen molar-refractivity contribution in [3.05, 3.63) is 11.9 Å². The molecule has 0 bridgehead atoms. The molecule has 98 valence electrons. The Morgan fingerprint density at radius 2 is 2.24 bits per heavy atom. The van der Waals surface area contributed by atoms with Crippen LogP contribution >= 0.6 is 0 Å². The second-order valence-electron chi connectivity index (χ2n) is 3.87. The molecule has 1 rings (SSSR count). The third kappa shape index (κ3) is 5.19. The van der Waals surface area contributed by atoms with E-state index in [-0.39, 0.29) is 0 Å². The van der Waals surface area contributed by atoms with E-state index in [2.05, 4.69) is 14.9 Å². The van der Waals surface area contributed by atoms with Crippen molar-refractivity contribution in [2.24, 2.45) is 0 Å². The maximum Gasteiger partial charge on any atom is 0.203 e. The number of ether oxygens (including phenoxy) is 2. The van der Waals surface area contributed by atoms with Crippen LogP contribution < -0.4 is 5.32 Å². The number of rotatable bonds is 9. The van der Waals surface area contributed by atoms with E-state index >= 15 is 0 Å². The van der Waals surface area contributed by atoms with Crippen LogP contribution in [0.25, 0.3) is 0 Å². The molecule has 0 fully saturated rings. The van der Waals surface area contributed by atoms with Gasteiger partial charge in [0.1, 0.15) is 0 Å². The molecule has 0 saturated carbocycles. The molecular formula is C12H23N3O2. The van der Waals surface area contributed by atoms with Gasteiger partial charge in [-0.3, -0.25) is 0 Å². The van der Waals surface area contributed by atoms with E-state index in [9.17, 15) is 0 Å². The summed E-state index contributed by atoms with van der Waals surface area (Å²) in [5.41, 5.74) is 1.02. The van der Waals surface area contributed by atoms with Gasteiger partial charge in [-0.05, 0) is 20.3 Å². The highest BCUT2D eigenvalue weighted by atomic mass is 16.5. The number of imidazole rings is 1. The largest absolute Gasteiger partial charge is 0.383 e. The van der Waals surface area contributed by atoms with E-state index in [0.29, 0.717) is 6.61 Å². The fourth-order valence-corrected chi connectivity index (χ4v) is 1.57. The van der Waals surface area contributed by atoms with Crippen LogP contribution in [-0.4, -0.2) is 43.0 Å².